The predicted molar refractivity (Wildman–Crippen MR) is 79.3 cm³/mol. The Labute approximate surface area is 128 Å². The first-order valence-corrected chi connectivity index (χ1v) is 7.64. The molecule has 0 aliphatic heterocycles. The van der Waals surface area contributed by atoms with E-state index in [1.807, 2.05) is 0 Å². The standard InChI is InChI=1S/C13H5Br2FO2S/c14-7-5-10(19-13(7)15)11(17)9-4-6-2-1-3-8(16)12(6)18-9/h1-5H. The number of carbonyl (C=O) groups is 1. The third-order valence-corrected chi connectivity index (χ3v) is 5.84. The van der Waals surface area contributed by atoms with Gasteiger partial charge < -0.3 is 4.42 Å². The molecule has 0 aliphatic carbocycles. The minimum absolute atomic E-state index is 0.112. The molecule has 6 heteroatoms. The second-order valence-corrected chi connectivity index (χ2v) is 7.05. The quantitative estimate of drug-likeness (QED) is 0.537. The van der Waals surface area contributed by atoms with Crippen molar-refractivity contribution >= 4 is 59.9 Å². The van der Waals surface area contributed by atoms with E-state index in [0.717, 1.165) is 8.26 Å². The van der Waals surface area contributed by atoms with Crippen LogP contribution in [0.2, 0.25) is 0 Å². The van der Waals surface area contributed by atoms with Crippen LogP contribution in [0.15, 0.2) is 43.0 Å². The summed E-state index contributed by atoms with van der Waals surface area (Å²) in [6.07, 6.45) is 0. The van der Waals surface area contributed by atoms with Gasteiger partial charge in [-0.3, -0.25) is 4.79 Å². The SMILES string of the molecule is O=C(c1cc2cccc(F)c2o1)c1cc(Br)c(Br)s1. The van der Waals surface area contributed by atoms with Crippen LogP contribution >= 0.6 is 43.2 Å². The van der Waals surface area contributed by atoms with Crippen molar-refractivity contribution in [2.75, 3.05) is 0 Å². The molecule has 0 bridgehead atoms. The maximum atomic E-state index is 13.5. The summed E-state index contributed by atoms with van der Waals surface area (Å²) in [6.45, 7) is 0. The first-order chi connectivity index (χ1) is 9.06. The second-order valence-electron chi connectivity index (χ2n) is 3.83. The third kappa shape index (κ3) is 2.28. The Balaban J connectivity index is 2.09. The molecule has 19 heavy (non-hydrogen) atoms. The molecule has 2 heterocycles. The van der Waals surface area contributed by atoms with Crippen molar-refractivity contribution < 1.29 is 13.6 Å². The lowest BCUT2D eigenvalue weighted by atomic mass is 10.2. The number of ketones is 1. The van der Waals surface area contributed by atoms with Crippen LogP contribution in [-0.4, -0.2) is 5.78 Å². The van der Waals surface area contributed by atoms with E-state index >= 15 is 0 Å². The number of hydrogen-bond acceptors (Lipinski definition) is 3. The van der Waals surface area contributed by atoms with Gasteiger partial charge in [-0.05, 0) is 50.1 Å². The van der Waals surface area contributed by atoms with Crippen LogP contribution in [0.25, 0.3) is 11.0 Å². The monoisotopic (exact) mass is 402 g/mol. The van der Waals surface area contributed by atoms with Crippen molar-refractivity contribution in [3.63, 3.8) is 0 Å². The van der Waals surface area contributed by atoms with E-state index in [-0.39, 0.29) is 17.1 Å². The van der Waals surface area contributed by atoms with Crippen molar-refractivity contribution in [3.8, 4) is 0 Å². The zero-order valence-electron chi connectivity index (χ0n) is 9.25. The van der Waals surface area contributed by atoms with Crippen LogP contribution in [0.1, 0.15) is 15.4 Å². The maximum absolute atomic E-state index is 13.5. The molecule has 0 saturated heterocycles. The number of rotatable bonds is 2. The maximum Gasteiger partial charge on any atom is 0.238 e. The van der Waals surface area contributed by atoms with Gasteiger partial charge in [0.15, 0.2) is 17.2 Å². The highest BCUT2D eigenvalue weighted by Crippen LogP contribution is 2.34. The van der Waals surface area contributed by atoms with Crippen molar-refractivity contribution in [3.05, 3.63) is 55.0 Å². The lowest BCUT2D eigenvalue weighted by Gasteiger charge is -1.91. The van der Waals surface area contributed by atoms with Gasteiger partial charge in [-0.15, -0.1) is 11.3 Å². The lowest BCUT2D eigenvalue weighted by molar-refractivity contribution is 0.101. The van der Waals surface area contributed by atoms with Crippen molar-refractivity contribution in [2.45, 2.75) is 0 Å². The Morgan fingerprint density at radius 2 is 2.05 bits per heavy atom. The van der Waals surface area contributed by atoms with Crippen LogP contribution in [0.3, 0.4) is 0 Å². The summed E-state index contributed by atoms with van der Waals surface area (Å²) < 4.78 is 20.5. The van der Waals surface area contributed by atoms with E-state index in [2.05, 4.69) is 31.9 Å². The lowest BCUT2D eigenvalue weighted by Crippen LogP contribution is -1.95. The second kappa shape index (κ2) is 4.85. The minimum atomic E-state index is -0.468. The molecular weight excluding hydrogens is 399 g/mol. The first-order valence-electron chi connectivity index (χ1n) is 5.24. The average Bonchev–Trinajstić information content (AvgIpc) is 2.94. The summed E-state index contributed by atoms with van der Waals surface area (Å²) in [5, 5.41) is 0.582. The van der Waals surface area contributed by atoms with Crippen LogP contribution in [0, 0.1) is 5.82 Å². The Bertz CT molecular complexity index is 772. The van der Waals surface area contributed by atoms with Crippen molar-refractivity contribution in [2.24, 2.45) is 0 Å². The highest BCUT2D eigenvalue weighted by molar-refractivity contribution is 9.13. The number of hydrogen-bond donors (Lipinski definition) is 0. The Morgan fingerprint density at radius 1 is 1.26 bits per heavy atom. The number of benzene rings is 1. The Hall–Kier alpha value is -0.980. The van der Waals surface area contributed by atoms with E-state index in [4.69, 9.17) is 4.42 Å². The fraction of sp³-hybridized carbons (Fsp3) is 0. The predicted octanol–water partition coefficient (Wildman–Crippen LogP) is 5.39. The van der Waals surface area contributed by atoms with Crippen LogP contribution < -0.4 is 0 Å². The van der Waals surface area contributed by atoms with Crippen molar-refractivity contribution in [1.82, 2.24) is 0 Å². The number of furan rings is 1. The molecule has 0 aliphatic rings. The molecule has 0 atom stereocenters. The van der Waals surface area contributed by atoms with Crippen molar-refractivity contribution in [1.29, 1.82) is 0 Å². The molecule has 0 unspecified atom stereocenters. The van der Waals surface area contributed by atoms with Crippen LogP contribution in [0.4, 0.5) is 4.39 Å². The zero-order valence-corrected chi connectivity index (χ0v) is 13.2. The molecule has 2 aromatic heterocycles. The largest absolute Gasteiger partial charge is 0.449 e. The van der Waals surface area contributed by atoms with E-state index in [1.165, 1.54) is 17.4 Å². The Kier molecular flexibility index (Phi) is 3.32. The van der Waals surface area contributed by atoms with E-state index in [9.17, 15) is 9.18 Å². The smallest absolute Gasteiger partial charge is 0.238 e. The summed E-state index contributed by atoms with van der Waals surface area (Å²) in [5.41, 5.74) is 0.112. The molecule has 0 radical (unpaired) electrons. The number of para-hydroxylation sites is 1. The van der Waals surface area contributed by atoms with E-state index in [1.54, 1.807) is 24.3 Å². The average molecular weight is 404 g/mol. The van der Waals surface area contributed by atoms with E-state index in [0.29, 0.717) is 10.3 Å². The van der Waals surface area contributed by atoms with Gasteiger partial charge >= 0.3 is 0 Å². The molecule has 0 amide bonds. The number of thiophene rings is 1. The van der Waals surface area contributed by atoms with Crippen LogP contribution in [0.5, 0.6) is 0 Å². The summed E-state index contributed by atoms with van der Waals surface area (Å²) in [6, 6.07) is 7.86. The van der Waals surface area contributed by atoms with Gasteiger partial charge in [-0.2, -0.15) is 0 Å². The van der Waals surface area contributed by atoms with Gasteiger partial charge in [-0.25, -0.2) is 4.39 Å². The molecule has 2 nitrogen and oxygen atoms in total. The molecular formula is C13H5Br2FO2S. The minimum Gasteiger partial charge on any atom is -0.449 e. The first kappa shape index (κ1) is 13.0. The molecule has 1 aromatic carbocycles. The van der Waals surface area contributed by atoms with Gasteiger partial charge in [0.2, 0.25) is 5.78 Å². The molecule has 0 N–H and O–H groups in total. The molecule has 3 aromatic rings. The number of fused-ring (bicyclic) bond motifs is 1. The number of halogens is 3. The zero-order chi connectivity index (χ0) is 13.6. The molecule has 3 rings (SSSR count). The third-order valence-electron chi connectivity index (χ3n) is 2.59. The highest BCUT2D eigenvalue weighted by atomic mass is 79.9. The molecule has 0 fully saturated rings. The van der Waals surface area contributed by atoms with Gasteiger partial charge in [0.1, 0.15) is 0 Å². The normalized spacial score (nSPS) is 11.1. The molecule has 0 spiro atoms. The van der Waals surface area contributed by atoms with Crippen LogP contribution in [-0.2, 0) is 0 Å². The van der Waals surface area contributed by atoms with Gasteiger partial charge in [0.25, 0.3) is 0 Å². The fourth-order valence-corrected chi connectivity index (χ4v) is 3.70. The topological polar surface area (TPSA) is 30.2 Å². The molecule has 96 valence electrons. The van der Waals surface area contributed by atoms with Gasteiger partial charge in [-0.1, -0.05) is 12.1 Å². The summed E-state index contributed by atoms with van der Waals surface area (Å²) in [4.78, 5) is 12.8. The van der Waals surface area contributed by atoms with Gasteiger partial charge in [0, 0.05) is 9.86 Å². The molecule has 0 saturated carbocycles. The summed E-state index contributed by atoms with van der Waals surface area (Å²) >= 11 is 7.95. The summed E-state index contributed by atoms with van der Waals surface area (Å²) in [7, 11) is 0. The van der Waals surface area contributed by atoms with Gasteiger partial charge in [0.05, 0.1) is 8.66 Å². The van der Waals surface area contributed by atoms with E-state index < -0.39 is 5.82 Å². The number of carbonyl (C=O) groups excluding carboxylic acids is 1. The Morgan fingerprint density at radius 3 is 2.68 bits per heavy atom. The summed E-state index contributed by atoms with van der Waals surface area (Å²) in [5.74, 6) is -0.585. The fourth-order valence-electron chi connectivity index (χ4n) is 1.72. The highest BCUT2D eigenvalue weighted by Gasteiger charge is 2.19.